The van der Waals surface area contributed by atoms with E-state index in [0.717, 1.165) is 5.39 Å². The van der Waals surface area contributed by atoms with Gasteiger partial charge in [0.1, 0.15) is 11.6 Å². The molecule has 3 aromatic carbocycles. The van der Waals surface area contributed by atoms with E-state index in [1.807, 2.05) is 6.07 Å². The molecule has 2 heterocycles. The Balaban J connectivity index is 1.39. The van der Waals surface area contributed by atoms with Gasteiger partial charge >= 0.3 is 5.97 Å². The number of carboxylic acids is 1. The van der Waals surface area contributed by atoms with E-state index < -0.39 is 17.9 Å². The van der Waals surface area contributed by atoms with Crippen LogP contribution in [-0.4, -0.2) is 40.6 Å². The number of nitrogens with one attached hydrogen (secondary N) is 1. The van der Waals surface area contributed by atoms with Crippen molar-refractivity contribution >= 4 is 51.7 Å². The van der Waals surface area contributed by atoms with Crippen LogP contribution in [0.3, 0.4) is 0 Å². The van der Waals surface area contributed by atoms with Gasteiger partial charge in [0.05, 0.1) is 29.1 Å². The molecule has 0 aliphatic carbocycles. The summed E-state index contributed by atoms with van der Waals surface area (Å²) in [6.45, 7) is 0.156. The normalized spacial score (nSPS) is 13.4. The van der Waals surface area contributed by atoms with Crippen LogP contribution in [0, 0.1) is 0 Å². The number of hydrogen-bond acceptors (Lipinski definition) is 6. The number of rotatable bonds is 7. The molecule has 38 heavy (non-hydrogen) atoms. The molecule has 1 aromatic heterocycles. The Kier molecular flexibility index (Phi) is 6.79. The fourth-order valence-corrected chi connectivity index (χ4v) is 5.11. The third kappa shape index (κ3) is 4.69. The van der Waals surface area contributed by atoms with Crippen LogP contribution in [0.4, 0.5) is 11.4 Å². The number of aliphatic hydroxyl groups is 1. The Morgan fingerprint density at radius 2 is 1.89 bits per heavy atom. The van der Waals surface area contributed by atoms with E-state index in [1.165, 1.54) is 6.07 Å². The Hall–Kier alpha value is -4.34. The first-order valence-electron chi connectivity index (χ1n) is 11.9. The number of nitrogens with zero attached hydrogens (tertiary/aromatic N) is 1. The predicted molar refractivity (Wildman–Crippen MR) is 142 cm³/mol. The number of aliphatic carboxylic acids is 1. The molecule has 2 amide bonds. The van der Waals surface area contributed by atoms with E-state index in [4.69, 9.17) is 21.8 Å². The summed E-state index contributed by atoms with van der Waals surface area (Å²) in [5, 5.41) is 22.5. The van der Waals surface area contributed by atoms with E-state index in [0.29, 0.717) is 46.5 Å². The molecule has 0 fully saturated rings. The third-order valence-electron chi connectivity index (χ3n) is 6.64. The van der Waals surface area contributed by atoms with Crippen LogP contribution in [0.15, 0.2) is 65.3 Å². The van der Waals surface area contributed by atoms with Gasteiger partial charge in [-0.15, -0.1) is 0 Å². The van der Waals surface area contributed by atoms with Crippen LogP contribution in [0.5, 0.6) is 0 Å². The first-order valence-corrected chi connectivity index (χ1v) is 12.3. The van der Waals surface area contributed by atoms with E-state index in [1.54, 1.807) is 53.6 Å². The van der Waals surface area contributed by atoms with E-state index in [2.05, 4.69) is 5.32 Å². The maximum absolute atomic E-state index is 13.3. The van der Waals surface area contributed by atoms with Gasteiger partial charge in [0, 0.05) is 29.6 Å². The summed E-state index contributed by atoms with van der Waals surface area (Å²) in [5.74, 6) is -2.21. The molecule has 1 atom stereocenters. The second-order valence-corrected chi connectivity index (χ2v) is 9.46. The monoisotopic (exact) mass is 533 g/mol. The van der Waals surface area contributed by atoms with Gasteiger partial charge in [-0.1, -0.05) is 41.9 Å². The summed E-state index contributed by atoms with van der Waals surface area (Å²) in [5.41, 5.74) is 9.61. The van der Waals surface area contributed by atoms with Crippen LogP contribution in [0.1, 0.15) is 37.4 Å². The summed E-state index contributed by atoms with van der Waals surface area (Å²) in [6, 6.07) is 14.1. The Bertz CT molecular complexity index is 1580. The molecule has 1 aliphatic heterocycles. The van der Waals surface area contributed by atoms with Crippen molar-refractivity contribution < 1.29 is 29.0 Å². The third-order valence-corrected chi connectivity index (χ3v) is 7.06. The molecule has 194 valence electrons. The molecule has 0 unspecified atom stereocenters. The van der Waals surface area contributed by atoms with Gasteiger partial charge in [-0.3, -0.25) is 9.59 Å². The fraction of sp³-hybridized carbons (Fsp3) is 0.179. The van der Waals surface area contributed by atoms with Gasteiger partial charge in [-0.05, 0) is 47.4 Å². The number of nitrogen functional groups attached to an aromatic ring is 1. The molecule has 9 nitrogen and oxygen atoms in total. The highest BCUT2D eigenvalue weighted by Gasteiger charge is 2.32. The van der Waals surface area contributed by atoms with Gasteiger partial charge < -0.3 is 30.6 Å². The predicted octanol–water partition coefficient (Wildman–Crippen LogP) is 3.79. The van der Waals surface area contributed by atoms with Crippen molar-refractivity contribution in [1.82, 2.24) is 5.32 Å². The molecule has 0 spiro atoms. The van der Waals surface area contributed by atoms with Crippen molar-refractivity contribution in [2.45, 2.75) is 25.5 Å². The number of halogens is 1. The quantitative estimate of drug-likeness (QED) is 0.264. The number of amides is 2. The van der Waals surface area contributed by atoms with Gasteiger partial charge in [0.15, 0.2) is 0 Å². The second kappa shape index (κ2) is 10.2. The number of carbonyl (C=O) groups is 3. The van der Waals surface area contributed by atoms with Gasteiger partial charge in [0.25, 0.3) is 11.8 Å². The standard InChI is InChI=1S/C28H24ClN3O6/c29-25-19-6-8-32(27(35)18-5-4-17-7-9-38-23(17)12-18)22(19)13-20(30)24(25)26(34)31-21(28(36)37)11-15-2-1-3-16(10-15)14-33/h1-5,7,9-10,12-13,21,33H,6,8,11,14,30H2,(H,31,34)(H,36,37)/t21-/m0/s1. The highest BCUT2D eigenvalue weighted by atomic mass is 35.5. The molecule has 0 radical (unpaired) electrons. The molecule has 5 N–H and O–H groups in total. The number of benzene rings is 3. The van der Waals surface area contributed by atoms with Crippen molar-refractivity contribution in [3.63, 3.8) is 0 Å². The number of aliphatic hydroxyl groups excluding tert-OH is 1. The Labute approximate surface area is 222 Å². The molecule has 0 bridgehead atoms. The van der Waals surface area contributed by atoms with Gasteiger partial charge in [-0.25, -0.2) is 4.79 Å². The summed E-state index contributed by atoms with van der Waals surface area (Å²) in [7, 11) is 0. The topological polar surface area (TPSA) is 146 Å². The zero-order chi connectivity index (χ0) is 27.0. The van der Waals surface area contributed by atoms with E-state index in [-0.39, 0.29) is 35.2 Å². The Morgan fingerprint density at radius 3 is 2.66 bits per heavy atom. The molecule has 5 rings (SSSR count). The van der Waals surface area contributed by atoms with Crippen LogP contribution in [0.2, 0.25) is 5.02 Å². The first kappa shape index (κ1) is 25.3. The van der Waals surface area contributed by atoms with Crippen molar-refractivity contribution in [1.29, 1.82) is 0 Å². The lowest BCUT2D eigenvalue weighted by Gasteiger charge is -2.20. The van der Waals surface area contributed by atoms with Crippen LogP contribution >= 0.6 is 11.6 Å². The maximum Gasteiger partial charge on any atom is 0.326 e. The zero-order valence-electron chi connectivity index (χ0n) is 20.1. The number of carboxylic acid groups (broad SMARTS) is 1. The smallest absolute Gasteiger partial charge is 0.326 e. The SMILES string of the molecule is Nc1cc2c(c(Cl)c1C(=O)N[C@@H](Cc1cccc(CO)c1)C(=O)O)CCN2C(=O)c1ccc2ccoc2c1. The van der Waals surface area contributed by atoms with Crippen LogP contribution in [0.25, 0.3) is 11.0 Å². The Morgan fingerprint density at radius 1 is 1.11 bits per heavy atom. The van der Waals surface area contributed by atoms with Gasteiger partial charge in [0.2, 0.25) is 0 Å². The van der Waals surface area contributed by atoms with Crippen molar-refractivity contribution in [3.8, 4) is 0 Å². The summed E-state index contributed by atoms with van der Waals surface area (Å²) < 4.78 is 5.41. The van der Waals surface area contributed by atoms with Crippen molar-refractivity contribution in [2.24, 2.45) is 0 Å². The number of furan rings is 1. The summed E-state index contributed by atoms with van der Waals surface area (Å²) in [4.78, 5) is 40.0. The van der Waals surface area contributed by atoms with Crippen LogP contribution in [-0.2, 0) is 24.2 Å². The van der Waals surface area contributed by atoms with E-state index >= 15 is 0 Å². The molecule has 1 aliphatic rings. The molecule has 0 saturated carbocycles. The molecule has 10 heteroatoms. The average molecular weight is 534 g/mol. The fourth-order valence-electron chi connectivity index (χ4n) is 4.73. The average Bonchev–Trinajstić information content (AvgIpc) is 3.54. The largest absolute Gasteiger partial charge is 0.480 e. The number of nitrogens with two attached hydrogens (primary N) is 1. The van der Waals surface area contributed by atoms with Gasteiger partial charge in [-0.2, -0.15) is 0 Å². The second-order valence-electron chi connectivity index (χ2n) is 9.08. The lowest BCUT2D eigenvalue weighted by Crippen LogP contribution is -2.42. The number of fused-ring (bicyclic) bond motifs is 2. The number of anilines is 2. The molecular weight excluding hydrogens is 510 g/mol. The van der Waals surface area contributed by atoms with Crippen molar-refractivity contribution in [2.75, 3.05) is 17.2 Å². The highest BCUT2D eigenvalue weighted by molar-refractivity contribution is 6.36. The lowest BCUT2D eigenvalue weighted by atomic mass is 10.0. The molecule has 4 aromatic rings. The van der Waals surface area contributed by atoms with Crippen molar-refractivity contribution in [3.05, 3.63) is 93.7 Å². The lowest BCUT2D eigenvalue weighted by molar-refractivity contribution is -0.139. The van der Waals surface area contributed by atoms with Crippen LogP contribution < -0.4 is 16.0 Å². The molecule has 0 saturated heterocycles. The minimum absolute atomic E-state index is 0.000328. The van der Waals surface area contributed by atoms with E-state index in [9.17, 15) is 24.6 Å². The minimum Gasteiger partial charge on any atom is -0.480 e. The number of carbonyl (C=O) groups excluding carboxylic acids is 2. The number of hydrogen-bond donors (Lipinski definition) is 4. The maximum atomic E-state index is 13.3. The molecular formula is C28H24ClN3O6. The first-order chi connectivity index (χ1) is 18.3. The zero-order valence-corrected chi connectivity index (χ0v) is 20.9. The minimum atomic E-state index is -1.25. The highest BCUT2D eigenvalue weighted by Crippen LogP contribution is 2.40. The summed E-state index contributed by atoms with van der Waals surface area (Å²) >= 11 is 6.63. The summed E-state index contributed by atoms with van der Waals surface area (Å²) in [6.07, 6.45) is 1.96.